The van der Waals surface area contributed by atoms with Crippen LogP contribution in [-0.2, 0) is 32.7 Å². The number of phosphoric ester groups is 1. The van der Waals surface area contributed by atoms with Crippen LogP contribution in [0, 0.1) is 0 Å². The Kier molecular flexibility index (Phi) is 29.4. The minimum absolute atomic E-state index is 0.0518. The van der Waals surface area contributed by atoms with Gasteiger partial charge in [-0.15, -0.1) is 0 Å². The van der Waals surface area contributed by atoms with Gasteiger partial charge in [0.25, 0.3) is 7.82 Å². The van der Waals surface area contributed by atoms with Gasteiger partial charge in [0.15, 0.2) is 6.10 Å². The average Bonchev–Trinajstić information content (AvgIpc) is 3.04. The summed E-state index contributed by atoms with van der Waals surface area (Å²) in [4.78, 5) is 37.2. The van der Waals surface area contributed by atoms with E-state index < -0.39 is 32.5 Å². The van der Waals surface area contributed by atoms with Crippen molar-refractivity contribution in [1.82, 2.24) is 0 Å². The lowest BCUT2D eigenvalue weighted by Crippen LogP contribution is -2.37. The van der Waals surface area contributed by atoms with Gasteiger partial charge in [-0.1, -0.05) is 118 Å². The number of hydrogen-bond acceptors (Lipinski definition) is 8. The maximum absolute atomic E-state index is 12.5. The summed E-state index contributed by atoms with van der Waals surface area (Å²) in [6, 6.07) is 0. The van der Waals surface area contributed by atoms with Crippen LogP contribution in [0.3, 0.4) is 0 Å². The molecule has 0 heterocycles. The normalized spacial score (nSPS) is 14.8. The zero-order valence-corrected chi connectivity index (χ0v) is 31.7. The Morgan fingerprint density at radius 3 is 1.90 bits per heavy atom. The summed E-state index contributed by atoms with van der Waals surface area (Å²) in [7, 11) is 1.09. The van der Waals surface area contributed by atoms with Crippen molar-refractivity contribution < 1.29 is 42.1 Å². The second kappa shape index (κ2) is 31.2. The lowest BCUT2D eigenvalue weighted by molar-refractivity contribution is -0.870. The van der Waals surface area contributed by atoms with Crippen LogP contribution >= 0.6 is 7.82 Å². The second-order valence-corrected chi connectivity index (χ2v) is 14.0. The molecule has 9 nitrogen and oxygen atoms in total. The number of likely N-dealkylation sites (N-methyl/N-ethyl adjacent to an activating group) is 1. The molecule has 0 saturated heterocycles. The smallest absolute Gasteiger partial charge is 0.306 e. The largest absolute Gasteiger partial charge is 0.756 e. The van der Waals surface area contributed by atoms with Gasteiger partial charge in [0.05, 0.1) is 27.7 Å². The van der Waals surface area contributed by atoms with Gasteiger partial charge in [-0.25, -0.2) is 0 Å². The Hall–Kier alpha value is -2.81. The number of unbranched alkanes of at least 4 members (excludes halogenated alkanes) is 6. The predicted octanol–water partition coefficient (Wildman–Crippen LogP) is 8.65. The SMILES string of the molecule is CC/C=C/C=C/C=C/C=C/C=C/CCCC(=O)OC(COC(=O)CCCCCCC/C=C/C/C=C/CC)COP(=O)([O-])OCC[N+](C)(C)C. The number of hydrogen-bond donors (Lipinski definition) is 0. The predicted molar refractivity (Wildman–Crippen MR) is 199 cm³/mol. The Balaban J connectivity index is 4.66. The third kappa shape index (κ3) is 34.8. The molecule has 0 aromatic heterocycles. The van der Waals surface area contributed by atoms with E-state index in [0.717, 1.165) is 51.4 Å². The van der Waals surface area contributed by atoms with Gasteiger partial charge in [0.1, 0.15) is 19.8 Å². The van der Waals surface area contributed by atoms with Crippen LogP contribution in [0.2, 0.25) is 0 Å². The third-order valence-electron chi connectivity index (χ3n) is 6.79. The number of esters is 2. The zero-order valence-electron chi connectivity index (χ0n) is 30.8. The number of phosphoric acid groups is 1. The molecule has 0 rings (SSSR count). The molecule has 0 bridgehead atoms. The summed E-state index contributed by atoms with van der Waals surface area (Å²) in [5.74, 6) is -0.953. The van der Waals surface area contributed by atoms with Gasteiger partial charge < -0.3 is 27.9 Å². The van der Waals surface area contributed by atoms with E-state index >= 15 is 0 Å². The van der Waals surface area contributed by atoms with Gasteiger partial charge in [0.2, 0.25) is 0 Å². The van der Waals surface area contributed by atoms with Crippen LogP contribution in [0.15, 0.2) is 85.1 Å². The quantitative estimate of drug-likeness (QED) is 0.0182. The van der Waals surface area contributed by atoms with Crippen molar-refractivity contribution >= 4 is 19.8 Å². The topological polar surface area (TPSA) is 111 Å². The third-order valence-corrected chi connectivity index (χ3v) is 7.75. The van der Waals surface area contributed by atoms with E-state index in [0.29, 0.717) is 30.3 Å². The molecule has 0 N–H and O–H groups in total. The number of carbonyl (C=O) groups excluding carboxylic acids is 2. The highest BCUT2D eigenvalue weighted by Crippen LogP contribution is 2.38. The summed E-state index contributed by atoms with van der Waals surface area (Å²) in [6.07, 6.45) is 37.8. The van der Waals surface area contributed by atoms with E-state index in [1.54, 1.807) is 0 Å². The molecule has 10 heteroatoms. The zero-order chi connectivity index (χ0) is 36.5. The number of rotatable bonds is 30. The van der Waals surface area contributed by atoms with Crippen LogP contribution in [0.5, 0.6) is 0 Å². The molecule has 0 aliphatic carbocycles. The number of quaternary nitrogens is 1. The lowest BCUT2D eigenvalue weighted by atomic mass is 10.1. The summed E-state index contributed by atoms with van der Waals surface area (Å²) in [5, 5.41) is 0. The van der Waals surface area contributed by atoms with Gasteiger partial charge in [-0.3, -0.25) is 14.2 Å². The molecule has 0 spiro atoms. The maximum atomic E-state index is 12.5. The van der Waals surface area contributed by atoms with Crippen molar-refractivity contribution in [3.05, 3.63) is 85.1 Å². The molecular formula is C39H64NO8P. The van der Waals surface area contributed by atoms with Crippen molar-refractivity contribution in [3.63, 3.8) is 0 Å². The van der Waals surface area contributed by atoms with Gasteiger partial charge in [-0.05, 0) is 51.4 Å². The molecule has 0 saturated carbocycles. The van der Waals surface area contributed by atoms with Crippen molar-refractivity contribution in [2.24, 2.45) is 0 Å². The molecule has 0 radical (unpaired) electrons. The Morgan fingerprint density at radius 2 is 1.22 bits per heavy atom. The minimum atomic E-state index is -4.64. The van der Waals surface area contributed by atoms with Crippen molar-refractivity contribution in [2.45, 2.75) is 103 Å². The number of nitrogens with zero attached hydrogens (tertiary/aromatic N) is 1. The van der Waals surface area contributed by atoms with Crippen LogP contribution in [0.1, 0.15) is 97.3 Å². The number of ether oxygens (including phenoxy) is 2. The fraction of sp³-hybridized carbons (Fsp3) is 0.590. The first kappa shape index (κ1) is 46.2. The number of allylic oxidation sites excluding steroid dienone is 14. The fourth-order valence-electron chi connectivity index (χ4n) is 4.01. The summed E-state index contributed by atoms with van der Waals surface area (Å²) < 4.78 is 33.6. The first-order chi connectivity index (χ1) is 23.5. The minimum Gasteiger partial charge on any atom is -0.756 e. The van der Waals surface area contributed by atoms with E-state index in [-0.39, 0.29) is 26.1 Å². The molecule has 0 fully saturated rings. The molecule has 0 aliphatic rings. The molecule has 2 atom stereocenters. The van der Waals surface area contributed by atoms with Crippen LogP contribution in [-0.4, -0.2) is 70.0 Å². The van der Waals surface area contributed by atoms with Crippen LogP contribution in [0.4, 0.5) is 0 Å². The van der Waals surface area contributed by atoms with E-state index in [1.807, 2.05) is 75.8 Å². The van der Waals surface area contributed by atoms with E-state index in [4.69, 9.17) is 18.5 Å². The van der Waals surface area contributed by atoms with E-state index in [1.165, 1.54) is 0 Å². The van der Waals surface area contributed by atoms with Crippen molar-refractivity contribution in [3.8, 4) is 0 Å². The standard InChI is InChI=1S/C39H64NO8P/c1-6-8-10-12-14-16-18-20-22-24-26-28-30-32-39(42)48-37(36-47-49(43,44)46-34-33-40(3,4)5)35-45-38(41)31-29-27-25-23-21-19-17-15-13-11-9-7-2/h8-12,14-18,20,22,24,26,37H,6-7,13,19,21,23,25,27-36H2,1-5H3/b10-8+,11-9+,14-12+,17-15+,18-16+,22-20+,26-24+. The monoisotopic (exact) mass is 705 g/mol. The molecule has 2 unspecified atom stereocenters. The molecule has 0 aliphatic heterocycles. The molecule has 0 aromatic rings. The Bertz CT molecular complexity index is 1110. The summed E-state index contributed by atoms with van der Waals surface area (Å²) in [6.45, 7) is 3.81. The lowest BCUT2D eigenvalue weighted by Gasteiger charge is -2.28. The Labute approximate surface area is 297 Å². The second-order valence-electron chi connectivity index (χ2n) is 12.6. The first-order valence-corrected chi connectivity index (χ1v) is 19.3. The maximum Gasteiger partial charge on any atom is 0.306 e. The first-order valence-electron chi connectivity index (χ1n) is 17.9. The van der Waals surface area contributed by atoms with Crippen LogP contribution in [0.25, 0.3) is 0 Å². The molecule has 0 aromatic carbocycles. The fourth-order valence-corrected chi connectivity index (χ4v) is 4.74. The van der Waals surface area contributed by atoms with Gasteiger partial charge >= 0.3 is 11.9 Å². The van der Waals surface area contributed by atoms with E-state index in [9.17, 15) is 19.0 Å². The van der Waals surface area contributed by atoms with Gasteiger partial charge in [-0.2, -0.15) is 0 Å². The van der Waals surface area contributed by atoms with Gasteiger partial charge in [0, 0.05) is 12.8 Å². The van der Waals surface area contributed by atoms with Crippen LogP contribution < -0.4 is 4.89 Å². The summed E-state index contributed by atoms with van der Waals surface area (Å²) >= 11 is 0. The summed E-state index contributed by atoms with van der Waals surface area (Å²) in [5.41, 5.74) is 0. The Morgan fingerprint density at radius 1 is 0.653 bits per heavy atom. The molecular weight excluding hydrogens is 641 g/mol. The average molecular weight is 706 g/mol. The van der Waals surface area contributed by atoms with Crippen molar-refractivity contribution in [2.75, 3.05) is 47.5 Å². The molecule has 0 amide bonds. The van der Waals surface area contributed by atoms with Crippen molar-refractivity contribution in [1.29, 1.82) is 0 Å². The molecule has 278 valence electrons. The van der Waals surface area contributed by atoms with E-state index in [2.05, 4.69) is 44.2 Å². The molecule has 49 heavy (non-hydrogen) atoms. The highest BCUT2D eigenvalue weighted by Gasteiger charge is 2.21. The highest BCUT2D eigenvalue weighted by atomic mass is 31.2. The number of carbonyl (C=O) groups is 2. The highest BCUT2D eigenvalue weighted by molar-refractivity contribution is 7.45.